The minimum absolute atomic E-state index is 0.428. The molecule has 6 heteroatoms. The van der Waals surface area contributed by atoms with Crippen molar-refractivity contribution in [2.75, 3.05) is 0 Å². The molecule has 4 rings (SSSR count). The second kappa shape index (κ2) is 7.70. The van der Waals surface area contributed by atoms with Crippen LogP contribution in [0.25, 0.3) is 22.5 Å². The van der Waals surface area contributed by atoms with Crippen molar-refractivity contribution in [1.82, 2.24) is 14.9 Å². The SMILES string of the molecule is S=c1[nH]nc(-c2ccc(Cl)cc2)n1/N=C/c1ccc(-c2ccccc2)cc1. The number of halogens is 1. The second-order valence-corrected chi connectivity index (χ2v) is 6.73. The van der Waals surface area contributed by atoms with Crippen LogP contribution in [0.15, 0.2) is 84.0 Å². The zero-order chi connectivity index (χ0) is 18.6. The van der Waals surface area contributed by atoms with Crippen molar-refractivity contribution in [2.45, 2.75) is 0 Å². The fourth-order valence-corrected chi connectivity index (χ4v) is 3.01. The summed E-state index contributed by atoms with van der Waals surface area (Å²) in [7, 11) is 0. The van der Waals surface area contributed by atoms with E-state index in [1.807, 2.05) is 54.6 Å². The van der Waals surface area contributed by atoms with E-state index >= 15 is 0 Å². The highest BCUT2D eigenvalue weighted by Crippen LogP contribution is 2.21. The lowest BCUT2D eigenvalue weighted by molar-refractivity contribution is 0.871. The zero-order valence-electron chi connectivity index (χ0n) is 14.2. The zero-order valence-corrected chi connectivity index (χ0v) is 15.8. The monoisotopic (exact) mass is 390 g/mol. The standard InChI is InChI=1S/C21H15ClN4S/c22-19-12-10-18(11-13-19)20-24-25-21(27)26(20)23-14-15-6-8-17(9-7-15)16-4-2-1-3-5-16/h1-14H,(H,25,27)/b23-14+. The van der Waals surface area contributed by atoms with Crippen molar-refractivity contribution in [3.05, 3.63) is 94.2 Å². The van der Waals surface area contributed by atoms with Gasteiger partial charge in [-0.05, 0) is 53.2 Å². The van der Waals surface area contributed by atoms with Crippen LogP contribution in [0.1, 0.15) is 5.56 Å². The van der Waals surface area contributed by atoms with E-state index in [-0.39, 0.29) is 0 Å². The molecule has 27 heavy (non-hydrogen) atoms. The summed E-state index contributed by atoms with van der Waals surface area (Å²) in [4.78, 5) is 0. The van der Waals surface area contributed by atoms with Crippen LogP contribution in [0.4, 0.5) is 0 Å². The van der Waals surface area contributed by atoms with Crippen LogP contribution >= 0.6 is 23.8 Å². The molecular formula is C21H15ClN4S. The summed E-state index contributed by atoms with van der Waals surface area (Å²) in [6.45, 7) is 0. The highest BCUT2D eigenvalue weighted by molar-refractivity contribution is 7.71. The van der Waals surface area contributed by atoms with Crippen LogP contribution in [0.2, 0.25) is 5.02 Å². The van der Waals surface area contributed by atoms with Crippen molar-refractivity contribution in [3.63, 3.8) is 0 Å². The van der Waals surface area contributed by atoms with Gasteiger partial charge in [0, 0.05) is 10.6 Å². The predicted molar refractivity (Wildman–Crippen MR) is 113 cm³/mol. The van der Waals surface area contributed by atoms with Gasteiger partial charge in [0.15, 0.2) is 5.82 Å². The van der Waals surface area contributed by atoms with Crippen LogP contribution in [0.3, 0.4) is 0 Å². The number of H-pyrrole nitrogens is 1. The quantitative estimate of drug-likeness (QED) is 0.353. The van der Waals surface area contributed by atoms with Gasteiger partial charge >= 0.3 is 0 Å². The fourth-order valence-electron chi connectivity index (χ4n) is 2.70. The van der Waals surface area contributed by atoms with Gasteiger partial charge in [-0.3, -0.25) is 0 Å². The number of hydrogen-bond acceptors (Lipinski definition) is 3. The van der Waals surface area contributed by atoms with E-state index in [0.29, 0.717) is 15.6 Å². The van der Waals surface area contributed by atoms with E-state index < -0.39 is 0 Å². The van der Waals surface area contributed by atoms with Gasteiger partial charge in [0.25, 0.3) is 0 Å². The maximum absolute atomic E-state index is 5.96. The summed E-state index contributed by atoms with van der Waals surface area (Å²) < 4.78 is 2.03. The van der Waals surface area contributed by atoms with Gasteiger partial charge < -0.3 is 0 Å². The molecule has 4 aromatic rings. The molecule has 1 N–H and O–H groups in total. The second-order valence-electron chi connectivity index (χ2n) is 5.90. The molecule has 0 saturated heterocycles. The normalized spacial score (nSPS) is 11.1. The van der Waals surface area contributed by atoms with E-state index in [0.717, 1.165) is 16.7 Å². The summed E-state index contributed by atoms with van der Waals surface area (Å²) in [5.74, 6) is 0.633. The smallest absolute Gasteiger partial charge is 0.216 e. The topological polar surface area (TPSA) is 46.0 Å². The Hall–Kier alpha value is -3.02. The van der Waals surface area contributed by atoms with E-state index in [1.54, 1.807) is 10.9 Å². The highest BCUT2D eigenvalue weighted by atomic mass is 35.5. The first-order valence-electron chi connectivity index (χ1n) is 8.34. The lowest BCUT2D eigenvalue weighted by Crippen LogP contribution is -1.95. The lowest BCUT2D eigenvalue weighted by Gasteiger charge is -2.03. The third-order valence-electron chi connectivity index (χ3n) is 4.09. The fraction of sp³-hybridized carbons (Fsp3) is 0. The van der Waals surface area contributed by atoms with Crippen molar-refractivity contribution in [3.8, 4) is 22.5 Å². The molecule has 0 aliphatic rings. The summed E-state index contributed by atoms with van der Waals surface area (Å²) in [6.07, 6.45) is 1.76. The Balaban J connectivity index is 1.61. The van der Waals surface area contributed by atoms with Gasteiger partial charge in [-0.15, -0.1) is 0 Å². The summed E-state index contributed by atoms with van der Waals surface area (Å²) >= 11 is 11.3. The van der Waals surface area contributed by atoms with Gasteiger partial charge in [0.05, 0.1) is 6.21 Å². The molecule has 0 radical (unpaired) electrons. The molecule has 0 spiro atoms. The van der Waals surface area contributed by atoms with E-state index in [2.05, 4.69) is 39.6 Å². The van der Waals surface area contributed by atoms with Crippen molar-refractivity contribution < 1.29 is 0 Å². The Morgan fingerprint density at radius 1 is 0.852 bits per heavy atom. The minimum atomic E-state index is 0.428. The third kappa shape index (κ3) is 3.89. The molecule has 0 bridgehead atoms. The number of nitrogens with zero attached hydrogens (tertiary/aromatic N) is 3. The van der Waals surface area contributed by atoms with Crippen molar-refractivity contribution in [2.24, 2.45) is 5.10 Å². The number of hydrogen-bond donors (Lipinski definition) is 1. The molecule has 3 aromatic carbocycles. The molecule has 0 aliphatic heterocycles. The molecule has 1 aromatic heterocycles. The molecular weight excluding hydrogens is 376 g/mol. The average molecular weight is 391 g/mol. The maximum atomic E-state index is 5.96. The molecule has 4 nitrogen and oxygen atoms in total. The number of aromatic nitrogens is 3. The number of aromatic amines is 1. The van der Waals surface area contributed by atoms with Crippen LogP contribution < -0.4 is 0 Å². The molecule has 0 amide bonds. The van der Waals surface area contributed by atoms with Gasteiger partial charge in [0.2, 0.25) is 4.77 Å². The Morgan fingerprint density at radius 3 is 2.19 bits per heavy atom. The minimum Gasteiger partial charge on any atom is -0.250 e. The van der Waals surface area contributed by atoms with Crippen molar-refractivity contribution in [1.29, 1.82) is 0 Å². The van der Waals surface area contributed by atoms with Gasteiger partial charge in [-0.1, -0.05) is 66.2 Å². The molecule has 0 aliphatic carbocycles. The number of benzene rings is 3. The van der Waals surface area contributed by atoms with E-state index in [1.165, 1.54) is 5.56 Å². The highest BCUT2D eigenvalue weighted by Gasteiger charge is 2.07. The first-order valence-corrected chi connectivity index (χ1v) is 9.12. The first-order chi connectivity index (χ1) is 13.2. The Bertz CT molecular complexity index is 1130. The summed E-state index contributed by atoms with van der Waals surface area (Å²) in [6, 6.07) is 25.8. The van der Waals surface area contributed by atoms with Gasteiger partial charge in [-0.2, -0.15) is 14.9 Å². The van der Waals surface area contributed by atoms with Crippen molar-refractivity contribution >= 4 is 30.0 Å². The molecule has 0 atom stereocenters. The third-order valence-corrected chi connectivity index (χ3v) is 4.61. The average Bonchev–Trinajstić information content (AvgIpc) is 3.08. The van der Waals surface area contributed by atoms with Crippen LogP contribution in [-0.4, -0.2) is 21.1 Å². The molecule has 132 valence electrons. The Kier molecular flexibility index (Phi) is 4.96. The first kappa shape index (κ1) is 17.4. The molecule has 0 saturated carbocycles. The molecule has 0 fully saturated rings. The van der Waals surface area contributed by atoms with Crippen LogP contribution in [0, 0.1) is 4.77 Å². The predicted octanol–water partition coefficient (Wildman–Crippen LogP) is 5.81. The van der Waals surface area contributed by atoms with Crippen LogP contribution in [0.5, 0.6) is 0 Å². The van der Waals surface area contributed by atoms with E-state index in [4.69, 9.17) is 23.8 Å². The molecule has 0 unspecified atom stereocenters. The molecule has 1 heterocycles. The Morgan fingerprint density at radius 2 is 1.48 bits per heavy atom. The van der Waals surface area contributed by atoms with Crippen LogP contribution in [-0.2, 0) is 0 Å². The lowest BCUT2D eigenvalue weighted by atomic mass is 10.0. The maximum Gasteiger partial charge on any atom is 0.216 e. The summed E-state index contributed by atoms with van der Waals surface area (Å²) in [5, 5.41) is 12.2. The number of rotatable bonds is 4. The van der Waals surface area contributed by atoms with E-state index in [9.17, 15) is 0 Å². The largest absolute Gasteiger partial charge is 0.250 e. The number of nitrogens with one attached hydrogen (secondary N) is 1. The Labute approximate surface area is 166 Å². The van der Waals surface area contributed by atoms with Gasteiger partial charge in [0.1, 0.15) is 0 Å². The van der Waals surface area contributed by atoms with Gasteiger partial charge in [-0.25, -0.2) is 5.10 Å². The summed E-state index contributed by atoms with van der Waals surface area (Å²) in [5.41, 5.74) is 4.20.